The maximum Gasteiger partial charge on any atom is 0.319 e. The molecule has 13 heteroatoms. The molecule has 3 saturated heterocycles. The number of nitrogens with one attached hydrogen (secondary N) is 1. The zero-order chi connectivity index (χ0) is 31.2. The molecule has 4 aliphatic rings. The smallest absolute Gasteiger partial charge is 0.319 e. The third-order valence-electron chi connectivity index (χ3n) is 10.4. The van der Waals surface area contributed by atoms with E-state index in [9.17, 15) is 9.50 Å². The third kappa shape index (κ3) is 4.74. The molecular weight excluding hydrogens is 607 g/mol. The van der Waals surface area contributed by atoms with Crippen molar-refractivity contribution in [2.75, 3.05) is 37.7 Å². The average molecular weight is 642 g/mol. The number of aliphatic hydroxyl groups is 1. The van der Waals surface area contributed by atoms with Gasteiger partial charge in [-0.1, -0.05) is 18.5 Å². The van der Waals surface area contributed by atoms with Crippen molar-refractivity contribution < 1.29 is 23.0 Å². The van der Waals surface area contributed by atoms with Gasteiger partial charge < -0.3 is 14.7 Å². The number of ether oxygens (including phenoxy) is 1. The van der Waals surface area contributed by atoms with Crippen LogP contribution in [0.3, 0.4) is 0 Å². The molecule has 0 spiro atoms. The van der Waals surface area contributed by atoms with E-state index in [1.54, 1.807) is 6.92 Å². The summed E-state index contributed by atoms with van der Waals surface area (Å²) in [7, 11) is 0. The quantitative estimate of drug-likeness (QED) is 0.267. The van der Waals surface area contributed by atoms with Gasteiger partial charge in [0.05, 0.1) is 27.7 Å². The van der Waals surface area contributed by atoms with Gasteiger partial charge in [0.15, 0.2) is 11.6 Å². The second-order valence-corrected chi connectivity index (χ2v) is 14.2. The van der Waals surface area contributed by atoms with Crippen LogP contribution in [0.15, 0.2) is 12.4 Å². The predicted octanol–water partition coefficient (Wildman–Crippen LogP) is 5.93. The topological polar surface area (TPSA) is 103 Å². The monoisotopic (exact) mass is 641 g/mol. The Balaban J connectivity index is 1.29. The summed E-state index contributed by atoms with van der Waals surface area (Å²) in [5.41, 5.74) is -0.430. The van der Waals surface area contributed by atoms with Crippen LogP contribution in [0.1, 0.15) is 63.9 Å². The Morgan fingerprint density at radius 3 is 2.71 bits per heavy atom. The molecule has 5 atom stereocenters. The molecule has 238 valence electrons. The first-order valence-electron chi connectivity index (χ1n) is 15.7. The molecule has 1 aromatic carbocycles. The van der Waals surface area contributed by atoms with Crippen LogP contribution in [-0.2, 0) is 0 Å². The van der Waals surface area contributed by atoms with Crippen LogP contribution in [0.25, 0.3) is 33.1 Å². The van der Waals surface area contributed by atoms with Crippen LogP contribution in [0.5, 0.6) is 6.01 Å². The lowest BCUT2D eigenvalue weighted by Crippen LogP contribution is -2.46. The predicted molar refractivity (Wildman–Crippen MR) is 164 cm³/mol. The van der Waals surface area contributed by atoms with Gasteiger partial charge in [0, 0.05) is 43.2 Å². The third-order valence-corrected chi connectivity index (χ3v) is 10.8. The molecule has 3 aliphatic heterocycles. The van der Waals surface area contributed by atoms with Crippen LogP contribution >= 0.6 is 11.6 Å². The number of anilines is 1. The molecule has 0 radical (unpaired) electrons. The van der Waals surface area contributed by atoms with Gasteiger partial charge >= 0.3 is 6.01 Å². The number of pyridine rings is 1. The summed E-state index contributed by atoms with van der Waals surface area (Å²) in [4.78, 5) is 18.0. The van der Waals surface area contributed by atoms with E-state index in [2.05, 4.69) is 25.1 Å². The number of H-pyrrole nitrogens is 1. The van der Waals surface area contributed by atoms with Gasteiger partial charge in [-0.15, -0.1) is 0 Å². The maximum atomic E-state index is 17.0. The molecule has 0 bridgehead atoms. The first kappa shape index (κ1) is 29.2. The molecule has 3 aromatic heterocycles. The highest BCUT2D eigenvalue weighted by atomic mass is 35.5. The zero-order valence-electron chi connectivity index (χ0n) is 25.2. The summed E-state index contributed by atoms with van der Waals surface area (Å²) in [5.74, 6) is -0.722. The summed E-state index contributed by atoms with van der Waals surface area (Å²) < 4.78 is 53.0. The van der Waals surface area contributed by atoms with E-state index in [1.165, 1.54) is 12.4 Å². The van der Waals surface area contributed by atoms with Crippen LogP contribution in [0.4, 0.5) is 19.0 Å². The Hall–Kier alpha value is -3.22. The van der Waals surface area contributed by atoms with Crippen molar-refractivity contribution in [1.29, 1.82) is 0 Å². The lowest BCUT2D eigenvalue weighted by atomic mass is 9.94. The van der Waals surface area contributed by atoms with Gasteiger partial charge in [-0.25, -0.2) is 13.2 Å². The van der Waals surface area contributed by atoms with Crippen LogP contribution in [0, 0.1) is 17.6 Å². The first-order chi connectivity index (χ1) is 21.6. The molecule has 0 amide bonds. The number of nitrogens with zero attached hydrogens (tertiary/aromatic N) is 6. The van der Waals surface area contributed by atoms with Crippen molar-refractivity contribution in [1.82, 2.24) is 30.0 Å². The van der Waals surface area contributed by atoms with Gasteiger partial charge in [-0.3, -0.25) is 15.0 Å². The molecule has 8 rings (SSSR count). The number of aromatic amines is 1. The normalized spacial score (nSPS) is 30.0. The highest BCUT2D eigenvalue weighted by Gasteiger charge is 2.49. The maximum absolute atomic E-state index is 17.0. The van der Waals surface area contributed by atoms with E-state index < -0.39 is 28.9 Å². The van der Waals surface area contributed by atoms with E-state index in [4.69, 9.17) is 21.3 Å². The standard InChI is InChI=1S/C32H35ClF3N7O2/c1-16-9-18(16)21-22(19-12-38-41-27(19)24(35)23(21)33)28-25(36)26-20(11-37-28)29(42-7-3-5-31(2,44)14-42)40-30(39-26)45-15-32-6-4-8-43(32)13-17(34)10-32/h11-12,16-18,44H,3-10,13-15H2,1-2H3,(H,38,41)/t16?,17-,18?,31-,32+/m1/s1. The number of aromatic nitrogens is 5. The highest BCUT2D eigenvalue weighted by Crippen LogP contribution is 2.55. The molecule has 1 saturated carbocycles. The summed E-state index contributed by atoms with van der Waals surface area (Å²) in [6.07, 6.45) is 6.35. The van der Waals surface area contributed by atoms with E-state index in [-0.39, 0.29) is 52.7 Å². The number of piperidine rings is 1. The second-order valence-electron chi connectivity index (χ2n) is 13.8. The number of halogens is 4. The Kier molecular flexibility index (Phi) is 6.75. The number of alkyl halides is 1. The van der Waals surface area contributed by atoms with Crippen molar-refractivity contribution >= 4 is 39.2 Å². The number of β-amino-alcohol motifs (C(OH)–C–C–N with tert-alkyl or cyclic N) is 1. The molecule has 4 aromatic rings. The molecular formula is C32H35ClF3N7O2. The summed E-state index contributed by atoms with van der Waals surface area (Å²) in [5, 5.41) is 18.3. The zero-order valence-corrected chi connectivity index (χ0v) is 26.0. The SMILES string of the molecule is CC1CC1c1c(Cl)c(F)c2[nH]ncc2c1-c1ncc2c(N3CCC[C@@](C)(O)C3)nc(OC[C@@]34CCCN3C[C@H](F)C4)nc2c1F. The summed E-state index contributed by atoms with van der Waals surface area (Å²) in [6.45, 7) is 6.07. The fourth-order valence-corrected chi connectivity index (χ4v) is 8.33. The lowest BCUT2D eigenvalue weighted by Gasteiger charge is -2.38. The number of benzene rings is 1. The first-order valence-corrected chi connectivity index (χ1v) is 16.1. The molecule has 2 unspecified atom stereocenters. The van der Waals surface area contributed by atoms with Gasteiger partial charge in [-0.05, 0) is 63.0 Å². The highest BCUT2D eigenvalue weighted by molar-refractivity contribution is 6.33. The Morgan fingerprint density at radius 1 is 1.13 bits per heavy atom. The molecule has 6 heterocycles. The Morgan fingerprint density at radius 2 is 1.93 bits per heavy atom. The number of rotatable bonds is 6. The van der Waals surface area contributed by atoms with Crippen molar-refractivity contribution in [2.24, 2.45) is 5.92 Å². The summed E-state index contributed by atoms with van der Waals surface area (Å²) in [6, 6.07) is -0.0241. The molecule has 4 fully saturated rings. The molecule has 2 N–H and O–H groups in total. The van der Waals surface area contributed by atoms with Crippen molar-refractivity contribution in [3.63, 3.8) is 0 Å². The Labute approximate surface area is 263 Å². The van der Waals surface area contributed by atoms with Crippen molar-refractivity contribution in [2.45, 2.75) is 75.6 Å². The number of fused-ring (bicyclic) bond motifs is 3. The van der Waals surface area contributed by atoms with Crippen LogP contribution < -0.4 is 9.64 Å². The largest absolute Gasteiger partial charge is 0.461 e. The second kappa shape index (κ2) is 10.4. The fraction of sp³-hybridized carbons (Fsp3) is 0.562. The molecule has 45 heavy (non-hydrogen) atoms. The molecule has 9 nitrogen and oxygen atoms in total. The van der Waals surface area contributed by atoms with E-state index in [0.717, 1.165) is 25.8 Å². The molecule has 1 aliphatic carbocycles. The van der Waals surface area contributed by atoms with E-state index in [0.29, 0.717) is 60.1 Å². The minimum Gasteiger partial charge on any atom is -0.461 e. The number of hydrogen-bond acceptors (Lipinski definition) is 8. The lowest BCUT2D eigenvalue weighted by molar-refractivity contribution is 0.0447. The van der Waals surface area contributed by atoms with Gasteiger partial charge in [0.1, 0.15) is 35.3 Å². The van der Waals surface area contributed by atoms with Gasteiger partial charge in [0.2, 0.25) is 0 Å². The van der Waals surface area contributed by atoms with E-state index >= 15 is 8.78 Å². The van der Waals surface area contributed by atoms with E-state index in [1.807, 2.05) is 11.8 Å². The van der Waals surface area contributed by atoms with Crippen molar-refractivity contribution in [3.8, 4) is 17.3 Å². The van der Waals surface area contributed by atoms with Gasteiger partial charge in [0.25, 0.3) is 0 Å². The van der Waals surface area contributed by atoms with Crippen molar-refractivity contribution in [3.05, 3.63) is 34.6 Å². The minimum atomic E-state index is -0.959. The Bertz CT molecular complexity index is 1840. The van der Waals surface area contributed by atoms with Crippen LogP contribution in [-0.4, -0.2) is 85.3 Å². The van der Waals surface area contributed by atoms with Gasteiger partial charge in [-0.2, -0.15) is 15.1 Å². The average Bonchev–Trinajstić information content (AvgIpc) is 3.30. The summed E-state index contributed by atoms with van der Waals surface area (Å²) >= 11 is 6.61. The number of hydrogen-bond donors (Lipinski definition) is 2. The van der Waals surface area contributed by atoms with Crippen LogP contribution in [0.2, 0.25) is 5.02 Å². The minimum absolute atomic E-state index is 0.00679. The fourth-order valence-electron chi connectivity index (χ4n) is 8.00.